The van der Waals surface area contributed by atoms with Gasteiger partial charge in [0.1, 0.15) is 12.4 Å². The maximum atomic E-state index is 12.4. The molecule has 0 bridgehead atoms. The zero-order chi connectivity index (χ0) is 32.2. The normalized spacial score (nSPS) is 11.7. The molecule has 0 fully saturated rings. The van der Waals surface area contributed by atoms with Crippen LogP contribution in [0, 0.1) is 5.41 Å². The van der Waals surface area contributed by atoms with Crippen LogP contribution in [0.3, 0.4) is 0 Å². The number of carbonyl (C=O) groups is 1. The van der Waals surface area contributed by atoms with E-state index in [4.69, 9.17) is 9.47 Å². The molecular weight excluding hydrogens is 605 g/mol. The molecule has 2 aromatic carbocycles. The van der Waals surface area contributed by atoms with Crippen LogP contribution in [0.5, 0.6) is 11.6 Å². The van der Waals surface area contributed by atoms with Gasteiger partial charge in [0.25, 0.3) is 0 Å². The summed E-state index contributed by atoms with van der Waals surface area (Å²) < 4.78 is 13.9. The fourth-order valence-corrected chi connectivity index (χ4v) is 6.31. The Morgan fingerprint density at radius 3 is 2.26 bits per heavy atom. The fourth-order valence-electron chi connectivity index (χ4n) is 5.13. The van der Waals surface area contributed by atoms with Crippen LogP contribution < -0.4 is 9.47 Å². The van der Waals surface area contributed by atoms with E-state index in [1.54, 1.807) is 31.8 Å². The predicted octanol–water partition coefficient (Wildman–Crippen LogP) is 8.02. The Morgan fingerprint density at radius 2 is 1.65 bits per heavy atom. The molecule has 0 saturated carbocycles. The minimum atomic E-state index is -0.956. The maximum absolute atomic E-state index is 12.4. The Morgan fingerprint density at radius 1 is 0.913 bits per heavy atom. The van der Waals surface area contributed by atoms with Crippen molar-refractivity contribution in [2.75, 3.05) is 6.61 Å². The van der Waals surface area contributed by atoms with Gasteiger partial charge in [0.2, 0.25) is 5.88 Å². The van der Waals surface area contributed by atoms with E-state index in [0.717, 1.165) is 49.6 Å². The van der Waals surface area contributed by atoms with E-state index in [2.05, 4.69) is 71.7 Å². The van der Waals surface area contributed by atoms with Gasteiger partial charge < -0.3 is 19.1 Å². The summed E-state index contributed by atoms with van der Waals surface area (Å²) in [5, 5.41) is 11.2. The van der Waals surface area contributed by atoms with E-state index in [0.29, 0.717) is 32.1 Å². The average molecular weight is 648 g/mol. The number of carboxylic acids is 1. The standard InChI is InChI=1S/C37H41N3O4S.Na.H/c1-7-43-33-18-15-27(22-39-33)26-13-11-25(12-14-26)23-40-31-17-16-29(44-24-28-10-8-9-19-38-28)20-30(31)34(45-36(2,3)4)32(40)21-37(5,6)35(41)42;;/h8-20,22H,7,21,23-24H2,1-6H3,(H,41,42);;. The third kappa shape index (κ3) is 8.73. The molecule has 0 spiro atoms. The summed E-state index contributed by atoms with van der Waals surface area (Å²) in [6.45, 7) is 13.6. The molecule has 0 radical (unpaired) electrons. The molecule has 0 aliphatic heterocycles. The van der Waals surface area contributed by atoms with Crippen molar-refractivity contribution in [1.29, 1.82) is 0 Å². The molecule has 5 rings (SSSR count). The van der Waals surface area contributed by atoms with Gasteiger partial charge in [0.05, 0.1) is 17.7 Å². The molecule has 1 N–H and O–H groups in total. The van der Waals surface area contributed by atoms with E-state index >= 15 is 0 Å². The van der Waals surface area contributed by atoms with Crippen LogP contribution in [0.25, 0.3) is 22.0 Å². The number of rotatable bonds is 12. The second kappa shape index (κ2) is 15.1. The first-order valence-electron chi connectivity index (χ1n) is 15.2. The van der Waals surface area contributed by atoms with Crippen molar-refractivity contribution in [3.63, 3.8) is 0 Å². The molecule has 3 heterocycles. The number of hydrogen-bond acceptors (Lipinski definition) is 6. The van der Waals surface area contributed by atoms with Crippen molar-refractivity contribution in [3.8, 4) is 22.8 Å². The van der Waals surface area contributed by atoms with Gasteiger partial charge in [-0.05, 0) is 68.3 Å². The molecule has 0 amide bonds. The number of ether oxygens (including phenoxy) is 2. The fraction of sp³-hybridized carbons (Fsp3) is 0.324. The monoisotopic (exact) mass is 647 g/mol. The molecule has 5 aromatic rings. The molecule has 3 aromatic heterocycles. The van der Waals surface area contributed by atoms with Crippen LogP contribution in [0.15, 0.2) is 90.1 Å². The number of nitrogens with zero attached hydrogens (tertiary/aromatic N) is 3. The van der Waals surface area contributed by atoms with Crippen molar-refractivity contribution in [1.82, 2.24) is 14.5 Å². The SMILES string of the molecule is CCOc1ccc(-c2ccc(Cn3c(CC(C)(C)C(=O)O)c(SC(C)(C)C)c4cc(OCc5ccccn5)ccc43)cc2)cn1.[NaH]. The van der Waals surface area contributed by atoms with Crippen LogP contribution in [0.4, 0.5) is 0 Å². The summed E-state index contributed by atoms with van der Waals surface area (Å²) in [7, 11) is 0. The summed E-state index contributed by atoms with van der Waals surface area (Å²) in [6.07, 6.45) is 3.97. The van der Waals surface area contributed by atoms with Crippen LogP contribution in [-0.2, 0) is 24.4 Å². The van der Waals surface area contributed by atoms with Crippen LogP contribution in [0.2, 0.25) is 0 Å². The van der Waals surface area contributed by atoms with Crippen molar-refractivity contribution >= 4 is 58.2 Å². The first kappa shape index (κ1) is 35.6. The number of thioether (sulfide) groups is 1. The van der Waals surface area contributed by atoms with Crippen molar-refractivity contribution in [2.45, 2.75) is 70.8 Å². The van der Waals surface area contributed by atoms with Gasteiger partial charge in [-0.2, -0.15) is 0 Å². The van der Waals surface area contributed by atoms with Crippen LogP contribution in [0.1, 0.15) is 58.5 Å². The van der Waals surface area contributed by atoms with Gasteiger partial charge in [-0.3, -0.25) is 9.78 Å². The second-order valence-corrected chi connectivity index (χ2v) is 14.6. The Balaban J connectivity index is 0.00000480. The number of pyridine rings is 2. The molecule has 0 unspecified atom stereocenters. The quantitative estimate of drug-likeness (QED) is 0.108. The molecule has 46 heavy (non-hydrogen) atoms. The Hall–Kier alpha value is -3.30. The molecule has 0 atom stereocenters. The topological polar surface area (TPSA) is 86.5 Å². The number of benzene rings is 2. The first-order valence-corrected chi connectivity index (χ1v) is 16.0. The van der Waals surface area contributed by atoms with E-state index < -0.39 is 11.4 Å². The minimum absolute atomic E-state index is 0. The van der Waals surface area contributed by atoms with Gasteiger partial charge in [0, 0.05) is 63.2 Å². The third-order valence-corrected chi connectivity index (χ3v) is 8.73. The van der Waals surface area contributed by atoms with Gasteiger partial charge in [-0.1, -0.05) is 51.1 Å². The van der Waals surface area contributed by atoms with Crippen LogP contribution >= 0.6 is 11.8 Å². The number of carboxylic acid groups (broad SMARTS) is 1. The van der Waals surface area contributed by atoms with Gasteiger partial charge in [-0.15, -0.1) is 11.8 Å². The summed E-state index contributed by atoms with van der Waals surface area (Å²) >= 11 is 1.77. The second-order valence-electron chi connectivity index (χ2n) is 12.7. The summed E-state index contributed by atoms with van der Waals surface area (Å²) in [5.41, 5.74) is 5.16. The Kier molecular flexibility index (Phi) is 11.6. The molecule has 0 aliphatic rings. The number of hydrogen-bond donors (Lipinski definition) is 1. The molecule has 7 nitrogen and oxygen atoms in total. The van der Waals surface area contributed by atoms with Crippen molar-refractivity contribution < 1.29 is 19.4 Å². The van der Waals surface area contributed by atoms with Crippen molar-refractivity contribution in [2.24, 2.45) is 5.41 Å². The van der Waals surface area contributed by atoms with Gasteiger partial charge in [0.15, 0.2) is 0 Å². The number of aliphatic carboxylic acids is 1. The molecule has 0 saturated heterocycles. The zero-order valence-corrected chi connectivity index (χ0v) is 27.6. The molecule has 236 valence electrons. The van der Waals surface area contributed by atoms with E-state index in [-0.39, 0.29) is 34.3 Å². The molecular formula is C37H42N3NaO4S. The molecule has 9 heteroatoms. The number of fused-ring (bicyclic) bond motifs is 1. The first-order chi connectivity index (χ1) is 21.4. The summed E-state index contributed by atoms with van der Waals surface area (Å²) in [5.74, 6) is 0.542. The predicted molar refractivity (Wildman–Crippen MR) is 188 cm³/mol. The molecule has 0 aliphatic carbocycles. The van der Waals surface area contributed by atoms with Crippen LogP contribution in [-0.4, -0.2) is 66.5 Å². The Labute approximate surface area is 298 Å². The Bertz CT molecular complexity index is 1760. The van der Waals surface area contributed by atoms with E-state index in [1.807, 2.05) is 49.5 Å². The van der Waals surface area contributed by atoms with Gasteiger partial charge >= 0.3 is 35.5 Å². The van der Waals surface area contributed by atoms with E-state index in [9.17, 15) is 9.90 Å². The van der Waals surface area contributed by atoms with E-state index in [1.165, 1.54) is 0 Å². The van der Waals surface area contributed by atoms with Gasteiger partial charge in [-0.25, -0.2) is 4.98 Å². The zero-order valence-electron chi connectivity index (χ0n) is 26.8. The third-order valence-electron chi connectivity index (χ3n) is 7.46. The summed E-state index contributed by atoms with van der Waals surface area (Å²) in [6, 6.07) is 24.3. The average Bonchev–Trinajstić information content (AvgIpc) is 3.26. The summed E-state index contributed by atoms with van der Waals surface area (Å²) in [4.78, 5) is 22.2. The van der Waals surface area contributed by atoms with Crippen molar-refractivity contribution in [3.05, 3.63) is 102 Å². The number of aromatic nitrogens is 3.